The minimum absolute atomic E-state index is 0.157. The number of hydrogen-bond acceptors (Lipinski definition) is 5. The van der Waals surface area contributed by atoms with Crippen LogP contribution in [0.15, 0.2) is 24.3 Å². The maximum Gasteiger partial charge on any atom is 0.228 e. The summed E-state index contributed by atoms with van der Waals surface area (Å²) < 4.78 is 18.8. The van der Waals surface area contributed by atoms with Crippen LogP contribution in [-0.4, -0.2) is 22.1 Å². The van der Waals surface area contributed by atoms with Crippen LogP contribution in [0.1, 0.15) is 11.4 Å². The highest BCUT2D eigenvalue weighted by Gasteiger charge is 2.08. The van der Waals surface area contributed by atoms with E-state index in [9.17, 15) is 4.39 Å². The van der Waals surface area contributed by atoms with E-state index in [-0.39, 0.29) is 16.6 Å². The van der Waals surface area contributed by atoms with Gasteiger partial charge in [0.2, 0.25) is 5.95 Å². The van der Waals surface area contributed by atoms with Crippen molar-refractivity contribution in [2.75, 3.05) is 12.4 Å². The molecule has 1 heterocycles. The zero-order valence-corrected chi connectivity index (χ0v) is 11.8. The SMILES string of the molecule is COc1ccc(F)c(Nc2nc(C)cc(C(N)=S)n2)c1. The molecule has 0 atom stereocenters. The molecular formula is C13H13FN4OS. The molecule has 0 unspecified atom stereocenters. The van der Waals surface area contributed by atoms with E-state index in [0.717, 1.165) is 0 Å². The van der Waals surface area contributed by atoms with E-state index in [4.69, 9.17) is 22.7 Å². The first-order valence-electron chi connectivity index (χ1n) is 5.75. The number of nitrogens with one attached hydrogen (secondary N) is 1. The van der Waals surface area contributed by atoms with Crippen LogP contribution < -0.4 is 15.8 Å². The first-order chi connectivity index (χ1) is 9.49. The number of halogens is 1. The van der Waals surface area contributed by atoms with Crippen LogP contribution in [-0.2, 0) is 0 Å². The summed E-state index contributed by atoms with van der Waals surface area (Å²) in [5.41, 5.74) is 6.86. The average molecular weight is 292 g/mol. The monoisotopic (exact) mass is 292 g/mol. The van der Waals surface area contributed by atoms with Crippen molar-refractivity contribution in [1.82, 2.24) is 9.97 Å². The molecule has 0 aliphatic carbocycles. The molecule has 5 nitrogen and oxygen atoms in total. The van der Waals surface area contributed by atoms with Gasteiger partial charge in [0, 0.05) is 11.8 Å². The van der Waals surface area contributed by atoms with Crippen molar-refractivity contribution >= 4 is 28.8 Å². The van der Waals surface area contributed by atoms with Crippen LogP contribution in [0, 0.1) is 12.7 Å². The molecule has 0 spiro atoms. The van der Waals surface area contributed by atoms with Crippen LogP contribution in [0.5, 0.6) is 5.75 Å². The van der Waals surface area contributed by atoms with Gasteiger partial charge in [0.15, 0.2) is 0 Å². The summed E-state index contributed by atoms with van der Waals surface area (Å²) in [5.74, 6) is 0.309. The Labute approximate surface area is 121 Å². The molecule has 104 valence electrons. The third-order valence-corrected chi connectivity index (χ3v) is 2.74. The Balaban J connectivity index is 2.36. The van der Waals surface area contributed by atoms with E-state index in [0.29, 0.717) is 17.1 Å². The minimum Gasteiger partial charge on any atom is -0.497 e. The van der Waals surface area contributed by atoms with E-state index in [1.54, 1.807) is 13.0 Å². The first kappa shape index (κ1) is 14.1. The molecule has 1 aromatic carbocycles. The lowest BCUT2D eigenvalue weighted by atomic mass is 10.3. The number of aromatic nitrogens is 2. The Morgan fingerprint density at radius 3 is 2.75 bits per heavy atom. The van der Waals surface area contributed by atoms with E-state index in [2.05, 4.69) is 15.3 Å². The van der Waals surface area contributed by atoms with Crippen molar-refractivity contribution < 1.29 is 9.13 Å². The Bertz CT molecular complexity index is 663. The maximum atomic E-state index is 13.7. The molecule has 0 bridgehead atoms. The van der Waals surface area contributed by atoms with E-state index < -0.39 is 5.82 Å². The number of benzene rings is 1. The second kappa shape index (κ2) is 5.79. The Hall–Kier alpha value is -2.28. The third-order valence-electron chi connectivity index (χ3n) is 2.53. The second-order valence-corrected chi connectivity index (χ2v) is 4.49. The van der Waals surface area contributed by atoms with Gasteiger partial charge in [-0.25, -0.2) is 14.4 Å². The number of ether oxygens (including phenoxy) is 1. The lowest BCUT2D eigenvalue weighted by Gasteiger charge is -2.09. The zero-order valence-electron chi connectivity index (χ0n) is 11.0. The van der Waals surface area contributed by atoms with Crippen molar-refractivity contribution in [1.29, 1.82) is 0 Å². The van der Waals surface area contributed by atoms with Crippen molar-refractivity contribution in [2.24, 2.45) is 5.73 Å². The van der Waals surface area contributed by atoms with Gasteiger partial charge in [-0.15, -0.1) is 0 Å². The summed E-state index contributed by atoms with van der Waals surface area (Å²) in [7, 11) is 1.51. The van der Waals surface area contributed by atoms with Gasteiger partial charge in [-0.05, 0) is 25.1 Å². The third kappa shape index (κ3) is 3.18. The van der Waals surface area contributed by atoms with Gasteiger partial charge in [-0.2, -0.15) is 0 Å². The molecular weight excluding hydrogens is 279 g/mol. The zero-order chi connectivity index (χ0) is 14.7. The molecule has 0 aliphatic heterocycles. The molecule has 0 aliphatic rings. The number of hydrogen-bond donors (Lipinski definition) is 2. The largest absolute Gasteiger partial charge is 0.497 e. The first-order valence-corrected chi connectivity index (χ1v) is 6.16. The van der Waals surface area contributed by atoms with Gasteiger partial charge in [0.25, 0.3) is 0 Å². The fourth-order valence-corrected chi connectivity index (χ4v) is 1.70. The second-order valence-electron chi connectivity index (χ2n) is 4.05. The van der Waals surface area contributed by atoms with Crippen LogP contribution in [0.2, 0.25) is 0 Å². The number of aryl methyl sites for hydroxylation is 1. The summed E-state index contributed by atoms with van der Waals surface area (Å²) in [6, 6.07) is 6.00. The molecule has 0 saturated carbocycles. The Kier molecular flexibility index (Phi) is 4.09. The molecule has 7 heteroatoms. The van der Waals surface area contributed by atoms with Gasteiger partial charge >= 0.3 is 0 Å². The Morgan fingerprint density at radius 1 is 1.35 bits per heavy atom. The Morgan fingerprint density at radius 2 is 2.10 bits per heavy atom. The lowest BCUT2D eigenvalue weighted by Crippen LogP contribution is -2.14. The van der Waals surface area contributed by atoms with Gasteiger partial charge in [0.05, 0.1) is 12.8 Å². The molecule has 2 aromatic rings. The summed E-state index contributed by atoms with van der Waals surface area (Å²) >= 11 is 4.88. The van der Waals surface area contributed by atoms with E-state index >= 15 is 0 Å². The van der Waals surface area contributed by atoms with Crippen molar-refractivity contribution in [2.45, 2.75) is 6.92 Å². The fourth-order valence-electron chi connectivity index (χ4n) is 1.60. The van der Waals surface area contributed by atoms with Gasteiger partial charge < -0.3 is 15.8 Å². The van der Waals surface area contributed by atoms with E-state index in [1.165, 1.54) is 25.3 Å². The van der Waals surface area contributed by atoms with Crippen molar-refractivity contribution in [3.63, 3.8) is 0 Å². The highest BCUT2D eigenvalue weighted by atomic mass is 32.1. The molecule has 0 radical (unpaired) electrons. The molecule has 0 saturated heterocycles. The average Bonchev–Trinajstić information content (AvgIpc) is 2.40. The van der Waals surface area contributed by atoms with Gasteiger partial charge in [0.1, 0.15) is 22.2 Å². The molecule has 2 rings (SSSR count). The van der Waals surface area contributed by atoms with Crippen molar-refractivity contribution in [3.8, 4) is 5.75 Å². The quantitative estimate of drug-likeness (QED) is 0.843. The normalized spacial score (nSPS) is 10.2. The van der Waals surface area contributed by atoms with Crippen molar-refractivity contribution in [3.05, 3.63) is 41.5 Å². The van der Waals surface area contributed by atoms with E-state index in [1.807, 2.05) is 0 Å². The predicted molar refractivity (Wildman–Crippen MR) is 78.9 cm³/mol. The molecule has 0 fully saturated rings. The summed E-state index contributed by atoms with van der Waals surface area (Å²) in [6.07, 6.45) is 0. The van der Waals surface area contributed by atoms with Crippen LogP contribution in [0.25, 0.3) is 0 Å². The number of thiocarbonyl (C=S) groups is 1. The summed E-state index contributed by atoms with van der Waals surface area (Å²) in [6.45, 7) is 1.77. The number of nitrogens with zero attached hydrogens (tertiary/aromatic N) is 2. The number of nitrogens with two attached hydrogens (primary N) is 1. The highest BCUT2D eigenvalue weighted by Crippen LogP contribution is 2.23. The summed E-state index contributed by atoms with van der Waals surface area (Å²) in [4.78, 5) is 8.45. The molecule has 20 heavy (non-hydrogen) atoms. The van der Waals surface area contributed by atoms with Gasteiger partial charge in [-0.3, -0.25) is 0 Å². The minimum atomic E-state index is -0.437. The number of anilines is 2. The topological polar surface area (TPSA) is 73.1 Å². The highest BCUT2D eigenvalue weighted by molar-refractivity contribution is 7.80. The fraction of sp³-hybridized carbons (Fsp3) is 0.154. The maximum absolute atomic E-state index is 13.7. The van der Waals surface area contributed by atoms with Crippen LogP contribution in [0.4, 0.5) is 16.0 Å². The van der Waals surface area contributed by atoms with Gasteiger partial charge in [-0.1, -0.05) is 12.2 Å². The van der Waals surface area contributed by atoms with Crippen LogP contribution in [0.3, 0.4) is 0 Å². The summed E-state index contributed by atoms with van der Waals surface area (Å²) in [5, 5.41) is 2.79. The van der Waals surface area contributed by atoms with Crippen LogP contribution >= 0.6 is 12.2 Å². The lowest BCUT2D eigenvalue weighted by molar-refractivity contribution is 0.414. The predicted octanol–water partition coefficient (Wildman–Crippen LogP) is 2.31. The molecule has 3 N–H and O–H groups in total. The smallest absolute Gasteiger partial charge is 0.228 e. The number of rotatable bonds is 4. The standard InChI is InChI=1S/C13H13FN4OS/c1-7-5-11(12(15)20)18-13(16-7)17-10-6-8(19-2)3-4-9(10)14/h3-6H,1-2H3,(H2,15,20)(H,16,17,18). The number of methoxy groups -OCH3 is 1. The molecule has 0 amide bonds. The molecule has 1 aromatic heterocycles.